The number of anilines is 2. The van der Waals surface area contributed by atoms with Gasteiger partial charge in [-0.3, -0.25) is 0 Å². The molecule has 6 heterocycles. The van der Waals surface area contributed by atoms with Gasteiger partial charge in [0.25, 0.3) is 0 Å². The zero-order valence-corrected chi connectivity index (χ0v) is 21.0. The van der Waals surface area contributed by atoms with Gasteiger partial charge in [0, 0.05) is 43.3 Å². The Morgan fingerprint density at radius 3 is 2.71 bits per heavy atom. The smallest absolute Gasteiger partial charge is 0.433 e. The third-order valence-electron chi connectivity index (χ3n) is 6.12. The van der Waals surface area contributed by atoms with Crippen molar-refractivity contribution in [3.8, 4) is 11.5 Å². The number of ether oxygens (including phenoxy) is 2. The predicted octanol–water partition coefficient (Wildman–Crippen LogP) is 5.77. The number of fused-ring (bicyclic) bond motifs is 2. The summed E-state index contributed by atoms with van der Waals surface area (Å²) in [5, 5.41) is 7.51. The summed E-state index contributed by atoms with van der Waals surface area (Å²) in [6.45, 7) is 0.791. The fourth-order valence-electron chi connectivity index (χ4n) is 4.24. The summed E-state index contributed by atoms with van der Waals surface area (Å²) in [6, 6.07) is 2.51. The normalized spacial score (nSPS) is 16.0. The van der Waals surface area contributed by atoms with Crippen molar-refractivity contribution < 1.29 is 22.6 Å². The summed E-state index contributed by atoms with van der Waals surface area (Å²) in [5.41, 5.74) is 0.583. The van der Waals surface area contributed by atoms with Crippen LogP contribution in [-0.4, -0.2) is 47.3 Å². The monoisotopic (exact) mass is 564 g/mol. The second-order valence-corrected chi connectivity index (χ2v) is 9.31. The summed E-state index contributed by atoms with van der Waals surface area (Å²) >= 11 is 12.9. The molecule has 1 N–H and O–H groups in total. The molecular weight excluding hydrogens is 548 g/mol. The fraction of sp³-hybridized carbons (Fsp3) is 0.261. The number of aryl methyl sites for hydroxylation is 1. The molecule has 0 radical (unpaired) electrons. The van der Waals surface area contributed by atoms with Gasteiger partial charge in [-0.05, 0) is 18.6 Å². The number of halogens is 5. The Morgan fingerprint density at radius 2 is 1.95 bits per heavy atom. The van der Waals surface area contributed by atoms with Gasteiger partial charge in [0.05, 0.1) is 19.0 Å². The molecule has 38 heavy (non-hydrogen) atoms. The molecule has 10 nitrogen and oxygen atoms in total. The van der Waals surface area contributed by atoms with Gasteiger partial charge in [0.15, 0.2) is 22.3 Å². The van der Waals surface area contributed by atoms with E-state index in [-0.39, 0.29) is 39.1 Å². The molecular formula is C23H17Cl2F3N8O2. The molecule has 0 bridgehead atoms. The number of nitrogens with zero attached hydrogens (tertiary/aromatic N) is 7. The molecule has 5 aromatic heterocycles. The zero-order chi connectivity index (χ0) is 26.6. The van der Waals surface area contributed by atoms with Gasteiger partial charge in [-0.1, -0.05) is 23.2 Å². The third-order valence-corrected chi connectivity index (χ3v) is 6.76. The standard InChI is InChI=1S/C23H17Cl2F3N8O2/c1-35-19-17(24)14(38-15-9-31-36-4-3-29-20(25)18(15)36)8-30-21(19)34-22(35)32-12-6-13(11-2-5-37-10-11)33-16(7-12)23(26,27)28/h3-4,6-9,11H,2,5,10H2,1H3,(H,30,32,33,34)/t11-/m1/s1. The van der Waals surface area contributed by atoms with E-state index < -0.39 is 11.9 Å². The van der Waals surface area contributed by atoms with Crippen LogP contribution in [0.15, 0.2) is 36.9 Å². The van der Waals surface area contributed by atoms with Crippen LogP contribution in [0.4, 0.5) is 24.8 Å². The van der Waals surface area contributed by atoms with E-state index in [0.29, 0.717) is 42.1 Å². The average molecular weight is 565 g/mol. The molecule has 15 heteroatoms. The van der Waals surface area contributed by atoms with E-state index in [1.807, 2.05) is 0 Å². The van der Waals surface area contributed by atoms with Gasteiger partial charge >= 0.3 is 6.18 Å². The Kier molecular flexibility index (Phi) is 6.00. The number of alkyl halides is 3. The maximum absolute atomic E-state index is 13.6. The van der Waals surface area contributed by atoms with Crippen molar-refractivity contribution in [3.63, 3.8) is 0 Å². The Hall–Kier alpha value is -3.68. The van der Waals surface area contributed by atoms with Crippen LogP contribution in [-0.2, 0) is 18.0 Å². The zero-order valence-electron chi connectivity index (χ0n) is 19.5. The van der Waals surface area contributed by atoms with E-state index in [2.05, 4.69) is 30.4 Å². The lowest BCUT2D eigenvalue weighted by Gasteiger charge is -2.15. The van der Waals surface area contributed by atoms with Crippen LogP contribution in [0.2, 0.25) is 10.2 Å². The maximum Gasteiger partial charge on any atom is 0.433 e. The molecule has 0 saturated carbocycles. The highest BCUT2D eigenvalue weighted by Crippen LogP contribution is 2.38. The average Bonchev–Trinajstić information content (AvgIpc) is 3.61. The Balaban J connectivity index is 1.36. The number of rotatable bonds is 5. The number of aromatic nitrogens is 7. The van der Waals surface area contributed by atoms with Crippen molar-refractivity contribution in [3.05, 3.63) is 58.5 Å². The molecule has 0 aliphatic carbocycles. The quantitative estimate of drug-likeness (QED) is 0.287. The molecule has 0 unspecified atom stereocenters. The summed E-state index contributed by atoms with van der Waals surface area (Å²) in [5.74, 6) is 0.516. The first-order valence-corrected chi connectivity index (χ1v) is 12.0. The molecule has 0 spiro atoms. The summed E-state index contributed by atoms with van der Waals surface area (Å²) in [7, 11) is 1.66. The maximum atomic E-state index is 13.6. The van der Waals surface area contributed by atoms with E-state index in [0.717, 1.165) is 6.07 Å². The highest BCUT2D eigenvalue weighted by molar-refractivity contribution is 6.36. The number of pyridine rings is 2. The van der Waals surface area contributed by atoms with Gasteiger partial charge in [0.2, 0.25) is 5.95 Å². The first-order chi connectivity index (χ1) is 18.2. The highest BCUT2D eigenvalue weighted by Gasteiger charge is 2.34. The van der Waals surface area contributed by atoms with Crippen molar-refractivity contribution in [2.45, 2.75) is 18.5 Å². The molecule has 1 atom stereocenters. The second-order valence-electron chi connectivity index (χ2n) is 8.57. The van der Waals surface area contributed by atoms with Crippen LogP contribution in [0.3, 0.4) is 0 Å². The Labute approximate surface area is 222 Å². The van der Waals surface area contributed by atoms with Gasteiger partial charge in [-0.15, -0.1) is 0 Å². The van der Waals surface area contributed by atoms with Crippen LogP contribution in [0.5, 0.6) is 11.5 Å². The van der Waals surface area contributed by atoms with Crippen molar-refractivity contribution in [2.75, 3.05) is 18.5 Å². The van der Waals surface area contributed by atoms with Crippen LogP contribution < -0.4 is 10.1 Å². The minimum absolute atomic E-state index is 0.175. The van der Waals surface area contributed by atoms with E-state index >= 15 is 0 Å². The predicted molar refractivity (Wildman–Crippen MR) is 132 cm³/mol. The molecule has 1 fully saturated rings. The largest absolute Gasteiger partial charge is 0.450 e. The number of imidazole rings is 1. The minimum Gasteiger partial charge on any atom is -0.450 e. The van der Waals surface area contributed by atoms with Crippen LogP contribution in [0.1, 0.15) is 23.7 Å². The van der Waals surface area contributed by atoms with E-state index in [9.17, 15) is 13.2 Å². The number of hydrogen-bond donors (Lipinski definition) is 1. The molecule has 0 aromatic carbocycles. The lowest BCUT2D eigenvalue weighted by molar-refractivity contribution is -0.141. The first kappa shape index (κ1) is 24.6. The van der Waals surface area contributed by atoms with E-state index in [1.54, 1.807) is 23.9 Å². The number of nitrogens with one attached hydrogen (secondary N) is 1. The fourth-order valence-corrected chi connectivity index (χ4v) is 4.78. The Morgan fingerprint density at radius 1 is 1.11 bits per heavy atom. The lowest BCUT2D eigenvalue weighted by Crippen LogP contribution is -2.13. The van der Waals surface area contributed by atoms with Gasteiger partial charge in [-0.25, -0.2) is 19.5 Å². The SMILES string of the molecule is Cn1c(Nc2cc([C@@H]3CCOC3)nc(C(F)(F)F)c2)nc2ncc(Oc3cnn4ccnc(Cl)c34)c(Cl)c21. The van der Waals surface area contributed by atoms with E-state index in [1.165, 1.54) is 23.1 Å². The lowest BCUT2D eigenvalue weighted by atomic mass is 10.0. The second kappa shape index (κ2) is 9.26. The van der Waals surface area contributed by atoms with Crippen molar-refractivity contribution in [2.24, 2.45) is 7.05 Å². The molecule has 196 valence electrons. The number of hydrogen-bond acceptors (Lipinski definition) is 8. The molecule has 1 aliphatic heterocycles. The molecule has 6 rings (SSSR count). The van der Waals surface area contributed by atoms with Gasteiger partial charge < -0.3 is 19.4 Å². The topological polar surface area (TPSA) is 104 Å². The summed E-state index contributed by atoms with van der Waals surface area (Å²) in [6.07, 6.45) is 1.95. The molecule has 1 aliphatic rings. The minimum atomic E-state index is -4.62. The first-order valence-electron chi connectivity index (χ1n) is 11.3. The van der Waals surface area contributed by atoms with Gasteiger partial charge in [0.1, 0.15) is 21.7 Å². The Bertz CT molecular complexity index is 1680. The van der Waals surface area contributed by atoms with Crippen LogP contribution >= 0.6 is 23.2 Å². The van der Waals surface area contributed by atoms with Crippen molar-refractivity contribution in [1.29, 1.82) is 0 Å². The van der Waals surface area contributed by atoms with Crippen LogP contribution in [0, 0.1) is 0 Å². The van der Waals surface area contributed by atoms with Gasteiger partial charge in [-0.2, -0.15) is 23.3 Å². The molecule has 0 amide bonds. The van der Waals surface area contributed by atoms with Crippen molar-refractivity contribution >= 4 is 51.5 Å². The van der Waals surface area contributed by atoms with E-state index in [4.69, 9.17) is 32.7 Å². The highest BCUT2D eigenvalue weighted by atomic mass is 35.5. The van der Waals surface area contributed by atoms with Crippen molar-refractivity contribution in [1.82, 2.24) is 34.1 Å². The summed E-state index contributed by atoms with van der Waals surface area (Å²) < 4.78 is 55.2. The molecule has 5 aromatic rings. The molecule has 1 saturated heterocycles. The summed E-state index contributed by atoms with van der Waals surface area (Å²) in [4.78, 5) is 16.6. The third kappa shape index (κ3) is 4.36. The van der Waals surface area contributed by atoms with Crippen LogP contribution in [0.25, 0.3) is 16.7 Å².